The summed E-state index contributed by atoms with van der Waals surface area (Å²) in [5, 5.41) is 11.2. The Morgan fingerprint density at radius 1 is 1.11 bits per heavy atom. The molecule has 1 aliphatic rings. The maximum atomic E-state index is 13.8. The molecule has 1 atom stereocenters. The Morgan fingerprint density at radius 2 is 1.97 bits per heavy atom. The molecule has 2 aromatic carbocycles. The molecule has 0 aliphatic carbocycles. The lowest BCUT2D eigenvalue weighted by atomic mass is 10.1. The molecular weight excluding hydrogens is 478 g/mol. The van der Waals surface area contributed by atoms with Gasteiger partial charge in [0.1, 0.15) is 10.3 Å². The van der Waals surface area contributed by atoms with Crippen LogP contribution in [0, 0.1) is 23.2 Å². The molecule has 1 N–H and O–H groups in total. The third kappa shape index (κ3) is 4.84. The number of fused-ring (bicyclic) bond motifs is 1. The summed E-state index contributed by atoms with van der Waals surface area (Å²) in [7, 11) is -3.82. The number of sulfonamides is 1. The Labute approximate surface area is 208 Å². The second-order valence-corrected chi connectivity index (χ2v) is 11.1. The number of nitrogens with zero attached hydrogens (tertiary/aromatic N) is 4. The first-order valence-electron chi connectivity index (χ1n) is 10.9. The van der Waals surface area contributed by atoms with Gasteiger partial charge in [-0.15, -0.1) is 11.3 Å². The average Bonchev–Trinajstić information content (AvgIpc) is 3.58. The zero-order valence-electron chi connectivity index (χ0n) is 18.6. The standard InChI is InChI=1S/C26H21N5O2S2/c27-14-21-9-11-25-22(13-21)16-31(35(32,33)26-7-4-12-34-26)24(10-8-20-5-2-1-3-6-20)18-30(25)17-23-15-28-19-29-23/h1-7,9,11-13,15,19,24H,16-18H2,(H,28,29). The monoisotopic (exact) mass is 499 g/mol. The van der Waals surface area contributed by atoms with Crippen molar-refractivity contribution in [3.63, 3.8) is 0 Å². The highest BCUT2D eigenvalue weighted by atomic mass is 32.2. The van der Waals surface area contributed by atoms with Crippen LogP contribution >= 0.6 is 11.3 Å². The van der Waals surface area contributed by atoms with Gasteiger partial charge in [-0.05, 0) is 47.3 Å². The molecule has 5 rings (SSSR count). The van der Waals surface area contributed by atoms with Gasteiger partial charge in [0, 0.05) is 30.5 Å². The quantitative estimate of drug-likeness (QED) is 0.429. The normalized spacial score (nSPS) is 16.0. The molecule has 2 aromatic heterocycles. The first kappa shape index (κ1) is 22.9. The fraction of sp³-hybridized carbons (Fsp3) is 0.154. The van der Waals surface area contributed by atoms with Crippen LogP contribution in [0.2, 0.25) is 0 Å². The minimum absolute atomic E-state index is 0.110. The molecule has 9 heteroatoms. The van der Waals surface area contributed by atoms with Crippen molar-refractivity contribution in [3.8, 4) is 17.9 Å². The highest BCUT2D eigenvalue weighted by molar-refractivity contribution is 7.91. The number of rotatable bonds is 4. The highest BCUT2D eigenvalue weighted by Gasteiger charge is 2.36. The average molecular weight is 500 g/mol. The van der Waals surface area contributed by atoms with Crippen LogP contribution in [0.25, 0.3) is 0 Å². The van der Waals surface area contributed by atoms with Crippen LogP contribution in [-0.2, 0) is 23.1 Å². The second kappa shape index (κ2) is 9.77. The molecule has 4 aromatic rings. The Bertz CT molecular complexity index is 1510. The summed E-state index contributed by atoms with van der Waals surface area (Å²) in [6.07, 6.45) is 3.37. The van der Waals surface area contributed by atoms with Gasteiger partial charge in [-0.1, -0.05) is 36.1 Å². The van der Waals surface area contributed by atoms with Crippen LogP contribution in [0.3, 0.4) is 0 Å². The second-order valence-electron chi connectivity index (χ2n) is 8.05. The molecule has 7 nitrogen and oxygen atoms in total. The van der Waals surface area contributed by atoms with E-state index in [2.05, 4.69) is 32.8 Å². The van der Waals surface area contributed by atoms with Gasteiger partial charge in [-0.3, -0.25) is 0 Å². The summed E-state index contributed by atoms with van der Waals surface area (Å²) in [6.45, 7) is 0.955. The lowest BCUT2D eigenvalue weighted by molar-refractivity contribution is 0.372. The van der Waals surface area contributed by atoms with E-state index in [1.54, 1.807) is 42.2 Å². The molecule has 0 fully saturated rings. The van der Waals surface area contributed by atoms with E-state index in [0.29, 0.717) is 18.7 Å². The number of benzene rings is 2. The molecule has 0 spiro atoms. The minimum Gasteiger partial charge on any atom is -0.363 e. The Hall–Kier alpha value is -3.89. The van der Waals surface area contributed by atoms with Gasteiger partial charge in [0.25, 0.3) is 10.0 Å². The van der Waals surface area contributed by atoms with Crippen LogP contribution in [0.5, 0.6) is 0 Å². The van der Waals surface area contributed by atoms with E-state index in [4.69, 9.17) is 0 Å². The van der Waals surface area contributed by atoms with Gasteiger partial charge >= 0.3 is 0 Å². The summed E-state index contributed by atoms with van der Waals surface area (Å²) in [6, 6.07) is 19.8. The molecule has 35 heavy (non-hydrogen) atoms. The van der Waals surface area contributed by atoms with E-state index in [9.17, 15) is 13.7 Å². The van der Waals surface area contributed by atoms with Crippen molar-refractivity contribution in [2.45, 2.75) is 23.3 Å². The smallest absolute Gasteiger partial charge is 0.254 e. The predicted molar refractivity (Wildman–Crippen MR) is 135 cm³/mol. The van der Waals surface area contributed by atoms with Crippen molar-refractivity contribution in [1.29, 1.82) is 5.26 Å². The molecule has 0 amide bonds. The van der Waals surface area contributed by atoms with Crippen LogP contribution in [-0.4, -0.2) is 35.3 Å². The molecule has 0 bridgehead atoms. The van der Waals surface area contributed by atoms with Gasteiger partial charge in [0.15, 0.2) is 0 Å². The van der Waals surface area contributed by atoms with Gasteiger partial charge in [-0.25, -0.2) is 13.4 Å². The summed E-state index contributed by atoms with van der Waals surface area (Å²) in [5.41, 5.74) is 3.81. The molecule has 0 saturated carbocycles. The number of aromatic nitrogens is 2. The van der Waals surface area contributed by atoms with Crippen molar-refractivity contribution < 1.29 is 8.42 Å². The lowest BCUT2D eigenvalue weighted by Crippen LogP contribution is -2.43. The van der Waals surface area contributed by atoms with Crippen molar-refractivity contribution >= 4 is 27.0 Å². The number of hydrogen-bond donors (Lipinski definition) is 1. The molecule has 3 heterocycles. The molecule has 1 unspecified atom stereocenters. The number of H-pyrrole nitrogens is 1. The Kier molecular flexibility index (Phi) is 6.39. The molecule has 0 saturated heterocycles. The number of hydrogen-bond acceptors (Lipinski definition) is 6. The van der Waals surface area contributed by atoms with E-state index in [0.717, 1.165) is 22.5 Å². The largest absolute Gasteiger partial charge is 0.363 e. The Balaban J connectivity index is 1.63. The van der Waals surface area contributed by atoms with Gasteiger partial charge in [-0.2, -0.15) is 9.57 Å². The first-order chi connectivity index (χ1) is 17.0. The summed E-state index contributed by atoms with van der Waals surface area (Å²) < 4.78 is 29.3. The highest BCUT2D eigenvalue weighted by Crippen LogP contribution is 2.33. The molecule has 174 valence electrons. The molecule has 0 radical (unpaired) electrons. The van der Waals surface area contributed by atoms with Crippen LogP contribution in [0.1, 0.15) is 22.4 Å². The zero-order chi connectivity index (χ0) is 24.3. The van der Waals surface area contributed by atoms with Gasteiger partial charge < -0.3 is 9.88 Å². The van der Waals surface area contributed by atoms with Crippen LogP contribution in [0.4, 0.5) is 5.69 Å². The van der Waals surface area contributed by atoms with Crippen LogP contribution in [0.15, 0.2) is 82.8 Å². The number of thiophene rings is 1. The third-order valence-electron chi connectivity index (χ3n) is 5.75. The van der Waals surface area contributed by atoms with Crippen molar-refractivity contribution in [2.24, 2.45) is 0 Å². The third-order valence-corrected chi connectivity index (χ3v) is 8.98. The van der Waals surface area contributed by atoms with Crippen molar-refractivity contribution in [3.05, 3.63) is 101 Å². The fourth-order valence-corrected chi connectivity index (χ4v) is 6.71. The topological polar surface area (TPSA) is 93.1 Å². The van der Waals surface area contributed by atoms with Crippen molar-refractivity contribution in [1.82, 2.24) is 14.3 Å². The van der Waals surface area contributed by atoms with E-state index in [1.165, 1.54) is 15.6 Å². The Morgan fingerprint density at radius 3 is 2.69 bits per heavy atom. The van der Waals surface area contributed by atoms with E-state index in [1.807, 2.05) is 36.4 Å². The van der Waals surface area contributed by atoms with E-state index >= 15 is 0 Å². The molecule has 1 aliphatic heterocycles. The first-order valence-corrected chi connectivity index (χ1v) is 13.2. The number of imidazole rings is 1. The summed E-state index contributed by atoms with van der Waals surface area (Å²) in [5.74, 6) is 6.40. The van der Waals surface area contributed by atoms with Crippen molar-refractivity contribution in [2.75, 3.05) is 11.4 Å². The summed E-state index contributed by atoms with van der Waals surface area (Å²) >= 11 is 1.18. The summed E-state index contributed by atoms with van der Waals surface area (Å²) in [4.78, 5) is 9.34. The number of nitriles is 1. The van der Waals surface area contributed by atoms with E-state index < -0.39 is 16.1 Å². The van der Waals surface area contributed by atoms with Gasteiger partial charge in [0.05, 0.1) is 30.2 Å². The predicted octanol–water partition coefficient (Wildman–Crippen LogP) is 3.97. The number of anilines is 1. The molecular formula is C26H21N5O2S2. The maximum absolute atomic E-state index is 13.8. The van der Waals surface area contributed by atoms with Gasteiger partial charge in [0.2, 0.25) is 0 Å². The maximum Gasteiger partial charge on any atom is 0.254 e. The zero-order valence-corrected chi connectivity index (χ0v) is 20.3. The van der Waals surface area contributed by atoms with E-state index in [-0.39, 0.29) is 10.8 Å². The number of aromatic amines is 1. The number of nitrogens with one attached hydrogen (secondary N) is 1. The minimum atomic E-state index is -3.82. The van der Waals surface area contributed by atoms with Crippen LogP contribution < -0.4 is 4.90 Å². The lowest BCUT2D eigenvalue weighted by Gasteiger charge is -2.28. The SMILES string of the molecule is N#Cc1ccc2c(c1)CN(S(=O)(=O)c1cccs1)C(C#Cc1ccccc1)CN2Cc1cnc[nH]1. The fourth-order valence-electron chi connectivity index (χ4n) is 4.08.